The summed E-state index contributed by atoms with van der Waals surface area (Å²) in [4.78, 5) is 12.7. The average molecular weight is 260 g/mol. The predicted molar refractivity (Wildman–Crippen MR) is 70.1 cm³/mol. The summed E-state index contributed by atoms with van der Waals surface area (Å²) in [5.74, 6) is 5.83. The largest absolute Gasteiger partial charge is 0.459 e. The first-order valence-corrected chi connectivity index (χ1v) is 6.25. The molecule has 2 aromatic heterocycles. The van der Waals surface area contributed by atoms with E-state index in [1.54, 1.807) is 23.5 Å². The molecule has 0 aliphatic carbocycles. The van der Waals surface area contributed by atoms with Gasteiger partial charge in [-0.1, -0.05) is 11.8 Å². The van der Waals surface area contributed by atoms with Gasteiger partial charge in [-0.05, 0) is 18.2 Å². The normalized spacial score (nSPS) is 9.61. The van der Waals surface area contributed by atoms with Crippen LogP contribution in [-0.4, -0.2) is 12.5 Å². The molecule has 0 aliphatic heterocycles. The van der Waals surface area contributed by atoms with Crippen molar-refractivity contribution in [2.75, 3.05) is 6.54 Å². The number of furan rings is 1. The minimum atomic E-state index is -0.219. The topological polar surface area (TPSA) is 68.3 Å². The second kappa shape index (κ2) is 6.05. The molecule has 2 rings (SSSR count). The zero-order valence-corrected chi connectivity index (χ0v) is 10.4. The highest BCUT2D eigenvalue weighted by Crippen LogP contribution is 2.13. The van der Waals surface area contributed by atoms with Gasteiger partial charge < -0.3 is 15.5 Å². The molecule has 2 heterocycles. The molecule has 0 aliphatic rings. The molecule has 4 nitrogen and oxygen atoms in total. The zero-order chi connectivity index (χ0) is 12.8. The summed E-state index contributed by atoms with van der Waals surface area (Å²) in [5.41, 5.74) is 6.22. The average Bonchev–Trinajstić information content (AvgIpc) is 3.04. The van der Waals surface area contributed by atoms with Crippen LogP contribution < -0.4 is 11.1 Å². The Balaban J connectivity index is 1.90. The van der Waals surface area contributed by atoms with E-state index in [0.717, 1.165) is 10.4 Å². The maximum Gasteiger partial charge on any atom is 0.287 e. The highest BCUT2D eigenvalue weighted by atomic mass is 32.1. The number of hydrogen-bond acceptors (Lipinski definition) is 4. The molecule has 92 valence electrons. The summed E-state index contributed by atoms with van der Waals surface area (Å²) < 4.78 is 5.00. The van der Waals surface area contributed by atoms with Gasteiger partial charge in [0.05, 0.1) is 19.4 Å². The van der Waals surface area contributed by atoms with Gasteiger partial charge in [0.15, 0.2) is 5.76 Å². The minimum Gasteiger partial charge on any atom is -0.459 e. The lowest BCUT2D eigenvalue weighted by atomic mass is 10.3. The molecular formula is C13H12N2O2S. The molecule has 0 spiro atoms. The van der Waals surface area contributed by atoms with E-state index in [1.165, 1.54) is 6.26 Å². The summed E-state index contributed by atoms with van der Waals surface area (Å²) in [6, 6.07) is 5.25. The lowest BCUT2D eigenvalue weighted by molar-refractivity contribution is 0.0923. The van der Waals surface area contributed by atoms with Crippen LogP contribution in [0.4, 0.5) is 0 Å². The van der Waals surface area contributed by atoms with Crippen molar-refractivity contribution in [2.24, 2.45) is 5.73 Å². The van der Waals surface area contributed by atoms with Crippen LogP contribution in [0.25, 0.3) is 0 Å². The lowest BCUT2D eigenvalue weighted by Crippen LogP contribution is -2.21. The summed E-state index contributed by atoms with van der Waals surface area (Å²) in [6.45, 7) is 0.814. The van der Waals surface area contributed by atoms with E-state index in [0.29, 0.717) is 18.8 Å². The minimum absolute atomic E-state index is 0.219. The highest BCUT2D eigenvalue weighted by Gasteiger charge is 2.08. The van der Waals surface area contributed by atoms with Gasteiger partial charge in [-0.25, -0.2) is 0 Å². The van der Waals surface area contributed by atoms with Crippen molar-refractivity contribution in [1.29, 1.82) is 0 Å². The molecule has 5 heteroatoms. The van der Waals surface area contributed by atoms with Crippen LogP contribution in [0.2, 0.25) is 0 Å². The molecule has 0 saturated carbocycles. The number of carbonyl (C=O) groups is 1. The number of amides is 1. The maximum atomic E-state index is 11.6. The lowest BCUT2D eigenvalue weighted by Gasteiger charge is -1.99. The molecule has 0 atom stereocenters. The summed E-state index contributed by atoms with van der Waals surface area (Å²) in [7, 11) is 0. The third-order valence-electron chi connectivity index (χ3n) is 2.16. The highest BCUT2D eigenvalue weighted by molar-refractivity contribution is 7.10. The molecule has 0 fully saturated rings. The first-order chi connectivity index (χ1) is 8.79. The number of carbonyl (C=O) groups excluding carboxylic acids is 1. The number of thiophene rings is 1. The molecule has 1 amide bonds. The van der Waals surface area contributed by atoms with Crippen molar-refractivity contribution in [3.05, 3.63) is 46.0 Å². The van der Waals surface area contributed by atoms with Crippen molar-refractivity contribution >= 4 is 17.2 Å². The molecule has 3 N–H and O–H groups in total. The van der Waals surface area contributed by atoms with Gasteiger partial charge in [0.25, 0.3) is 5.91 Å². The number of nitrogens with one attached hydrogen (secondary N) is 1. The monoisotopic (exact) mass is 260 g/mol. The van der Waals surface area contributed by atoms with Crippen LogP contribution in [0.5, 0.6) is 0 Å². The molecule has 0 aromatic carbocycles. The standard InChI is InChI=1S/C13H12N2O2S/c14-5-1-3-10-7-11(18-9-10)8-15-13(16)12-4-2-6-17-12/h2,4,6-7,9H,5,8,14H2,(H,15,16). The fourth-order valence-corrected chi connectivity index (χ4v) is 2.11. The molecule has 0 radical (unpaired) electrons. The molecule has 0 saturated heterocycles. The molecular weight excluding hydrogens is 248 g/mol. The SMILES string of the molecule is NCC#Cc1csc(CNC(=O)c2ccco2)c1. The van der Waals surface area contributed by atoms with Gasteiger partial charge in [0, 0.05) is 15.8 Å². The molecule has 0 bridgehead atoms. The van der Waals surface area contributed by atoms with E-state index in [9.17, 15) is 4.79 Å². The Morgan fingerprint density at radius 3 is 3.17 bits per heavy atom. The Morgan fingerprint density at radius 1 is 1.56 bits per heavy atom. The summed E-state index contributed by atoms with van der Waals surface area (Å²) in [5, 5.41) is 4.72. The Kier molecular flexibility index (Phi) is 4.18. The third kappa shape index (κ3) is 3.23. The summed E-state index contributed by atoms with van der Waals surface area (Å²) in [6.07, 6.45) is 1.47. The first-order valence-electron chi connectivity index (χ1n) is 5.37. The van der Waals surface area contributed by atoms with Crippen molar-refractivity contribution < 1.29 is 9.21 Å². The van der Waals surface area contributed by atoms with Crippen molar-refractivity contribution in [3.63, 3.8) is 0 Å². The Bertz CT molecular complexity index is 576. The van der Waals surface area contributed by atoms with Crippen LogP contribution in [0.1, 0.15) is 21.0 Å². The predicted octanol–water partition coefficient (Wildman–Crippen LogP) is 1.58. The van der Waals surface area contributed by atoms with E-state index in [1.807, 2.05) is 11.4 Å². The van der Waals surface area contributed by atoms with E-state index in [4.69, 9.17) is 10.2 Å². The van der Waals surface area contributed by atoms with Gasteiger partial charge in [-0.3, -0.25) is 4.79 Å². The molecule has 0 unspecified atom stereocenters. The zero-order valence-electron chi connectivity index (χ0n) is 9.60. The van der Waals surface area contributed by atoms with Crippen LogP contribution in [0.3, 0.4) is 0 Å². The van der Waals surface area contributed by atoms with Gasteiger partial charge in [-0.15, -0.1) is 11.3 Å². The fourth-order valence-electron chi connectivity index (χ4n) is 1.35. The van der Waals surface area contributed by atoms with E-state index < -0.39 is 0 Å². The second-order valence-electron chi connectivity index (χ2n) is 3.47. The summed E-state index contributed by atoms with van der Waals surface area (Å²) >= 11 is 1.55. The van der Waals surface area contributed by atoms with Gasteiger partial charge in [-0.2, -0.15) is 0 Å². The Hall–Kier alpha value is -2.03. The first kappa shape index (κ1) is 12.4. The molecule has 18 heavy (non-hydrogen) atoms. The Labute approximate surface area is 109 Å². The van der Waals surface area contributed by atoms with E-state index >= 15 is 0 Å². The van der Waals surface area contributed by atoms with Crippen LogP contribution in [0, 0.1) is 11.8 Å². The fraction of sp³-hybridized carbons (Fsp3) is 0.154. The van der Waals surface area contributed by atoms with Crippen molar-refractivity contribution in [1.82, 2.24) is 5.32 Å². The molecule has 2 aromatic rings. The van der Waals surface area contributed by atoms with Gasteiger partial charge in [0.1, 0.15) is 0 Å². The van der Waals surface area contributed by atoms with Crippen LogP contribution >= 0.6 is 11.3 Å². The third-order valence-corrected chi connectivity index (χ3v) is 3.09. The van der Waals surface area contributed by atoms with Crippen molar-refractivity contribution in [3.8, 4) is 11.8 Å². The second-order valence-corrected chi connectivity index (χ2v) is 4.46. The smallest absolute Gasteiger partial charge is 0.287 e. The van der Waals surface area contributed by atoms with Gasteiger partial charge >= 0.3 is 0 Å². The Morgan fingerprint density at radius 2 is 2.44 bits per heavy atom. The number of nitrogens with two attached hydrogens (primary N) is 1. The van der Waals surface area contributed by atoms with E-state index in [-0.39, 0.29) is 5.91 Å². The van der Waals surface area contributed by atoms with Crippen LogP contribution in [0.15, 0.2) is 34.3 Å². The van der Waals surface area contributed by atoms with Crippen LogP contribution in [-0.2, 0) is 6.54 Å². The number of rotatable bonds is 3. The maximum absolute atomic E-state index is 11.6. The number of hydrogen-bond donors (Lipinski definition) is 2. The van der Waals surface area contributed by atoms with E-state index in [2.05, 4.69) is 17.2 Å². The quantitative estimate of drug-likeness (QED) is 0.823. The van der Waals surface area contributed by atoms with Crippen molar-refractivity contribution in [2.45, 2.75) is 6.54 Å². The van der Waals surface area contributed by atoms with Gasteiger partial charge in [0.2, 0.25) is 0 Å².